The number of hydrogen-bond donors (Lipinski definition) is 0. The third-order valence-corrected chi connectivity index (χ3v) is 8.60. The van der Waals surface area contributed by atoms with E-state index in [2.05, 4.69) is 0 Å². The van der Waals surface area contributed by atoms with Crippen molar-refractivity contribution >= 4 is 69.6 Å². The second-order valence-corrected chi connectivity index (χ2v) is 11.1. The fraction of sp³-hybridized carbons (Fsp3) is 0.103. The highest BCUT2D eigenvalue weighted by Gasteiger charge is 2.34. The molecule has 37 heavy (non-hydrogen) atoms. The van der Waals surface area contributed by atoms with Crippen LogP contribution in [0.3, 0.4) is 0 Å². The molecular weight excluding hydrogens is 545 g/mol. The van der Waals surface area contributed by atoms with Crippen LogP contribution in [0.1, 0.15) is 23.6 Å². The molecule has 0 N–H and O–H groups in total. The largest absolute Gasteiger partial charge is 0.279 e. The van der Waals surface area contributed by atoms with E-state index in [4.69, 9.17) is 39.9 Å². The average molecular weight is 565 g/mol. The zero-order valence-corrected chi connectivity index (χ0v) is 22.5. The van der Waals surface area contributed by atoms with Gasteiger partial charge in [0.1, 0.15) is 6.54 Å². The fourth-order valence-corrected chi connectivity index (χ4v) is 6.20. The van der Waals surface area contributed by atoms with Crippen LogP contribution in [0.25, 0.3) is 0 Å². The number of halogens is 3. The number of para-hydroxylation sites is 2. The van der Waals surface area contributed by atoms with Gasteiger partial charge < -0.3 is 0 Å². The summed E-state index contributed by atoms with van der Waals surface area (Å²) in [4.78, 5) is 17.9. The molecule has 6 rings (SSSR count). The van der Waals surface area contributed by atoms with E-state index in [0.717, 1.165) is 38.0 Å². The van der Waals surface area contributed by atoms with Crippen LogP contribution in [0, 0.1) is 0 Å². The highest BCUT2D eigenvalue weighted by atomic mass is 35.5. The summed E-state index contributed by atoms with van der Waals surface area (Å²) < 4.78 is 0. The summed E-state index contributed by atoms with van der Waals surface area (Å²) in [6.07, 6.45) is 0.621. The standard InChI is InChI=1S/C29H20Cl3N3OS/c30-20-12-9-18(10-13-20)23-16-26(19-11-14-21(31)22(32)15-19)34(33-23)17-29(36)35-24-5-1-3-7-27(24)37-28-8-4-2-6-25(28)35/h1-15,26H,16-17H2. The topological polar surface area (TPSA) is 35.9 Å². The minimum atomic E-state index is -0.172. The molecular formula is C29H20Cl3N3OS. The van der Waals surface area contributed by atoms with Gasteiger partial charge >= 0.3 is 0 Å². The summed E-state index contributed by atoms with van der Waals surface area (Å²) in [5.74, 6) is -0.0635. The number of hydrogen-bond acceptors (Lipinski definition) is 4. The van der Waals surface area contributed by atoms with Crippen LogP contribution in [0.15, 0.2) is 106 Å². The van der Waals surface area contributed by atoms with Gasteiger partial charge in [0.15, 0.2) is 0 Å². The van der Waals surface area contributed by atoms with Crippen molar-refractivity contribution in [1.82, 2.24) is 5.01 Å². The van der Waals surface area contributed by atoms with Crippen LogP contribution in [0.4, 0.5) is 11.4 Å². The van der Waals surface area contributed by atoms with Crippen LogP contribution >= 0.6 is 46.6 Å². The van der Waals surface area contributed by atoms with E-state index < -0.39 is 0 Å². The third kappa shape index (κ3) is 4.73. The van der Waals surface area contributed by atoms with Crippen molar-refractivity contribution in [3.05, 3.63) is 117 Å². The molecule has 0 radical (unpaired) electrons. The highest BCUT2D eigenvalue weighted by molar-refractivity contribution is 7.99. The van der Waals surface area contributed by atoms with Gasteiger partial charge in [-0.1, -0.05) is 89.0 Å². The number of carbonyl (C=O) groups is 1. The lowest BCUT2D eigenvalue weighted by molar-refractivity contribution is -0.119. The summed E-state index contributed by atoms with van der Waals surface area (Å²) in [6, 6.07) is 29.0. The number of anilines is 2. The molecule has 0 aliphatic carbocycles. The number of rotatable bonds is 4. The van der Waals surface area contributed by atoms with Crippen molar-refractivity contribution in [1.29, 1.82) is 0 Å². The van der Waals surface area contributed by atoms with E-state index in [1.807, 2.05) is 94.8 Å². The second-order valence-electron chi connectivity index (χ2n) is 8.81. The molecule has 0 aromatic heterocycles. The van der Waals surface area contributed by atoms with Crippen molar-refractivity contribution < 1.29 is 4.79 Å². The normalized spacial score (nSPS) is 16.3. The maximum absolute atomic E-state index is 14.0. The first-order valence-electron chi connectivity index (χ1n) is 11.7. The van der Waals surface area contributed by atoms with Gasteiger partial charge in [-0.25, -0.2) is 0 Å². The Morgan fingerprint density at radius 2 is 1.49 bits per heavy atom. The van der Waals surface area contributed by atoms with Gasteiger partial charge in [0.05, 0.1) is 33.2 Å². The van der Waals surface area contributed by atoms with Gasteiger partial charge in [-0.3, -0.25) is 14.7 Å². The van der Waals surface area contributed by atoms with E-state index in [1.54, 1.807) is 17.8 Å². The minimum absolute atomic E-state index is 0.0635. The lowest BCUT2D eigenvalue weighted by atomic mass is 9.98. The van der Waals surface area contributed by atoms with Crippen molar-refractivity contribution in [3.63, 3.8) is 0 Å². The Hall–Kier alpha value is -2.96. The number of fused-ring (bicyclic) bond motifs is 2. The van der Waals surface area contributed by atoms with Gasteiger partial charge in [-0.05, 0) is 59.7 Å². The predicted octanol–water partition coefficient (Wildman–Crippen LogP) is 8.63. The molecule has 184 valence electrons. The Balaban J connectivity index is 1.37. The first kappa shape index (κ1) is 24.4. The van der Waals surface area contributed by atoms with Gasteiger partial charge in [0, 0.05) is 21.2 Å². The van der Waals surface area contributed by atoms with Crippen LogP contribution in [0.5, 0.6) is 0 Å². The first-order valence-corrected chi connectivity index (χ1v) is 13.7. The predicted molar refractivity (Wildman–Crippen MR) is 153 cm³/mol. The summed E-state index contributed by atoms with van der Waals surface area (Å²) in [6.45, 7) is 0.0926. The summed E-state index contributed by atoms with van der Waals surface area (Å²) in [7, 11) is 0. The second kappa shape index (κ2) is 10.1. The number of benzene rings is 4. The molecule has 1 amide bonds. The van der Waals surface area contributed by atoms with E-state index in [-0.39, 0.29) is 18.5 Å². The van der Waals surface area contributed by atoms with Crippen LogP contribution in [0.2, 0.25) is 15.1 Å². The third-order valence-electron chi connectivity index (χ3n) is 6.48. The van der Waals surface area contributed by atoms with Gasteiger partial charge in [0.2, 0.25) is 0 Å². The van der Waals surface area contributed by atoms with Crippen molar-refractivity contribution in [2.45, 2.75) is 22.3 Å². The molecule has 4 aromatic rings. The Morgan fingerprint density at radius 3 is 2.14 bits per heavy atom. The van der Waals surface area contributed by atoms with Gasteiger partial charge in [-0.2, -0.15) is 5.10 Å². The Labute approximate surface area is 234 Å². The van der Waals surface area contributed by atoms with E-state index in [1.165, 1.54) is 0 Å². The SMILES string of the molecule is O=C(CN1N=C(c2ccc(Cl)cc2)CC1c1ccc(Cl)c(Cl)c1)N1c2ccccc2Sc2ccccc21. The molecule has 0 saturated carbocycles. The molecule has 1 unspecified atom stereocenters. The molecule has 0 saturated heterocycles. The van der Waals surface area contributed by atoms with Crippen LogP contribution in [-0.4, -0.2) is 23.2 Å². The van der Waals surface area contributed by atoms with Crippen molar-refractivity contribution in [2.24, 2.45) is 5.10 Å². The maximum Gasteiger partial charge on any atom is 0.252 e. The van der Waals surface area contributed by atoms with E-state index in [9.17, 15) is 4.79 Å². The van der Waals surface area contributed by atoms with Crippen LogP contribution < -0.4 is 4.90 Å². The van der Waals surface area contributed by atoms with Gasteiger partial charge in [0.25, 0.3) is 5.91 Å². The zero-order chi connectivity index (χ0) is 25.5. The quantitative estimate of drug-likeness (QED) is 0.249. The average Bonchev–Trinajstić information content (AvgIpc) is 3.32. The molecule has 2 aliphatic heterocycles. The molecule has 4 aromatic carbocycles. The molecule has 0 spiro atoms. The maximum atomic E-state index is 14.0. The molecule has 8 heteroatoms. The molecule has 0 bridgehead atoms. The Bertz CT molecular complexity index is 1490. The lowest BCUT2D eigenvalue weighted by Crippen LogP contribution is -2.37. The number of hydrazone groups is 1. The molecule has 2 heterocycles. The zero-order valence-electron chi connectivity index (χ0n) is 19.4. The summed E-state index contributed by atoms with van der Waals surface area (Å²) >= 11 is 20.4. The highest BCUT2D eigenvalue weighted by Crippen LogP contribution is 2.48. The minimum Gasteiger partial charge on any atom is -0.279 e. The summed E-state index contributed by atoms with van der Waals surface area (Å²) in [5.41, 5.74) is 4.56. The number of amides is 1. The first-order chi connectivity index (χ1) is 18.0. The molecule has 1 atom stereocenters. The van der Waals surface area contributed by atoms with Crippen LogP contribution in [-0.2, 0) is 4.79 Å². The molecule has 0 fully saturated rings. The van der Waals surface area contributed by atoms with Gasteiger partial charge in [-0.15, -0.1) is 0 Å². The summed E-state index contributed by atoms with van der Waals surface area (Å²) in [5, 5.41) is 8.41. The Kier molecular flexibility index (Phi) is 6.63. The Morgan fingerprint density at radius 1 is 0.838 bits per heavy atom. The van der Waals surface area contributed by atoms with E-state index >= 15 is 0 Å². The number of carbonyl (C=O) groups excluding carboxylic acids is 1. The molecule has 2 aliphatic rings. The fourth-order valence-electron chi connectivity index (χ4n) is 4.71. The smallest absolute Gasteiger partial charge is 0.252 e. The van der Waals surface area contributed by atoms with E-state index in [0.29, 0.717) is 21.5 Å². The van der Waals surface area contributed by atoms with Crippen molar-refractivity contribution in [3.8, 4) is 0 Å². The van der Waals surface area contributed by atoms with Crippen molar-refractivity contribution in [2.75, 3.05) is 11.4 Å². The molecule has 4 nitrogen and oxygen atoms in total. The number of nitrogens with zero attached hydrogens (tertiary/aromatic N) is 3. The monoisotopic (exact) mass is 563 g/mol. The lowest BCUT2D eigenvalue weighted by Gasteiger charge is -2.33.